The first-order valence-corrected chi connectivity index (χ1v) is 23.4. The van der Waals surface area contributed by atoms with Gasteiger partial charge in [-0.2, -0.15) is 0 Å². The van der Waals surface area contributed by atoms with Gasteiger partial charge in [0.15, 0.2) is 0 Å². The molecule has 53 heavy (non-hydrogen) atoms. The summed E-state index contributed by atoms with van der Waals surface area (Å²) in [5.74, 6) is -0.483. The number of ether oxygens (including phenoxy) is 1. The molecule has 0 aliphatic carbocycles. The van der Waals surface area contributed by atoms with Gasteiger partial charge in [0, 0.05) is 6.42 Å². The third-order valence-electron chi connectivity index (χ3n) is 10.8. The molecule has 0 aliphatic rings. The number of carbonyl (C=O) groups excluding carboxylic acids is 2. The molecule has 6 heteroatoms. The number of nitrogens with one attached hydrogen (secondary N) is 1. The molecule has 0 saturated carbocycles. The van der Waals surface area contributed by atoms with E-state index in [1.165, 1.54) is 154 Å². The number of carbonyl (C=O) groups is 2. The van der Waals surface area contributed by atoms with Crippen LogP contribution in [0.2, 0.25) is 0 Å². The van der Waals surface area contributed by atoms with Gasteiger partial charge in [-0.1, -0.05) is 200 Å². The summed E-state index contributed by atoms with van der Waals surface area (Å²) in [7, 11) is 0. The standard InChI is InChI=1S/C47H91NO5/c1-4-7-10-13-16-19-22-23-25-28-31-34-37-40-47(52)53-43(38-35-32-29-26-21-18-15-12-9-6-3)41-46(51)48-44(42-49)45(50)39-36-33-30-27-24-20-17-14-11-8-5-2/h23,25,43-45,49-50H,4-22,24,26-42H2,1-3H3,(H,48,51)/b25-23-. The molecule has 0 aromatic heterocycles. The Morgan fingerprint density at radius 3 is 1.34 bits per heavy atom. The fraction of sp³-hybridized carbons (Fsp3) is 0.915. The smallest absolute Gasteiger partial charge is 0.306 e. The highest BCUT2D eigenvalue weighted by molar-refractivity contribution is 5.77. The SMILES string of the molecule is CCCCCCCC/C=C\CCCCCC(=O)OC(CCCCCCCCCCCC)CC(=O)NC(CO)C(O)CCCCCCCCCCCCC. The summed E-state index contributed by atoms with van der Waals surface area (Å²) in [5, 5.41) is 23.6. The van der Waals surface area contributed by atoms with E-state index in [0.29, 0.717) is 19.3 Å². The normalized spacial score (nSPS) is 13.4. The number of hydrogen-bond donors (Lipinski definition) is 3. The number of esters is 1. The molecule has 0 radical (unpaired) electrons. The molecular weight excluding hydrogens is 659 g/mol. The van der Waals surface area contributed by atoms with Gasteiger partial charge < -0.3 is 20.3 Å². The van der Waals surface area contributed by atoms with E-state index in [-0.39, 0.29) is 24.9 Å². The number of amides is 1. The second-order valence-electron chi connectivity index (χ2n) is 16.2. The molecule has 0 aromatic rings. The van der Waals surface area contributed by atoms with Gasteiger partial charge in [0.2, 0.25) is 5.91 Å². The number of aliphatic hydroxyl groups is 2. The van der Waals surface area contributed by atoms with Crippen LogP contribution in [0.3, 0.4) is 0 Å². The molecule has 0 fully saturated rings. The largest absolute Gasteiger partial charge is 0.462 e. The molecule has 0 spiro atoms. The van der Waals surface area contributed by atoms with Crippen molar-refractivity contribution in [2.75, 3.05) is 6.61 Å². The zero-order valence-corrected chi connectivity index (χ0v) is 35.7. The van der Waals surface area contributed by atoms with E-state index >= 15 is 0 Å². The molecule has 0 aromatic carbocycles. The Balaban J connectivity index is 4.55. The van der Waals surface area contributed by atoms with Crippen LogP contribution >= 0.6 is 0 Å². The Morgan fingerprint density at radius 1 is 0.528 bits per heavy atom. The molecule has 3 unspecified atom stereocenters. The van der Waals surface area contributed by atoms with E-state index < -0.39 is 18.2 Å². The predicted molar refractivity (Wildman–Crippen MR) is 227 cm³/mol. The molecule has 0 heterocycles. The Morgan fingerprint density at radius 2 is 0.906 bits per heavy atom. The van der Waals surface area contributed by atoms with Crippen molar-refractivity contribution in [2.24, 2.45) is 0 Å². The zero-order chi connectivity index (χ0) is 38.9. The number of hydrogen-bond acceptors (Lipinski definition) is 5. The Hall–Kier alpha value is -1.40. The first-order valence-electron chi connectivity index (χ1n) is 23.4. The maximum Gasteiger partial charge on any atom is 0.306 e. The Labute approximate surface area is 329 Å². The highest BCUT2D eigenvalue weighted by atomic mass is 16.5. The zero-order valence-electron chi connectivity index (χ0n) is 35.7. The summed E-state index contributed by atoms with van der Waals surface area (Å²) < 4.78 is 5.89. The minimum atomic E-state index is -0.782. The molecule has 314 valence electrons. The lowest BCUT2D eigenvalue weighted by molar-refractivity contribution is -0.151. The molecule has 6 nitrogen and oxygen atoms in total. The Kier molecular flexibility index (Phi) is 40.7. The van der Waals surface area contributed by atoms with Gasteiger partial charge in [-0.15, -0.1) is 0 Å². The minimum absolute atomic E-state index is 0.0776. The maximum atomic E-state index is 13.1. The van der Waals surface area contributed by atoms with Crippen molar-refractivity contribution < 1.29 is 24.5 Å². The third-order valence-corrected chi connectivity index (χ3v) is 10.8. The van der Waals surface area contributed by atoms with Crippen molar-refractivity contribution >= 4 is 11.9 Å². The van der Waals surface area contributed by atoms with Crippen LogP contribution < -0.4 is 5.32 Å². The van der Waals surface area contributed by atoms with Crippen LogP contribution in [0.4, 0.5) is 0 Å². The summed E-state index contributed by atoms with van der Waals surface area (Å²) in [6, 6.07) is -0.695. The summed E-state index contributed by atoms with van der Waals surface area (Å²) in [5.41, 5.74) is 0. The number of allylic oxidation sites excluding steroid dienone is 2. The number of rotatable bonds is 42. The molecule has 0 aliphatic heterocycles. The van der Waals surface area contributed by atoms with Gasteiger partial charge in [-0.3, -0.25) is 9.59 Å². The van der Waals surface area contributed by atoms with Gasteiger partial charge in [0.1, 0.15) is 6.10 Å². The van der Waals surface area contributed by atoms with Crippen molar-refractivity contribution in [2.45, 2.75) is 270 Å². The molecule has 0 bridgehead atoms. The molecule has 3 N–H and O–H groups in total. The fourth-order valence-corrected chi connectivity index (χ4v) is 7.25. The van der Waals surface area contributed by atoms with Crippen LogP contribution in [-0.4, -0.2) is 46.9 Å². The minimum Gasteiger partial charge on any atom is -0.462 e. The van der Waals surface area contributed by atoms with Gasteiger partial charge in [-0.05, 0) is 51.4 Å². The first kappa shape index (κ1) is 51.6. The summed E-state index contributed by atoms with van der Waals surface area (Å²) >= 11 is 0. The summed E-state index contributed by atoms with van der Waals surface area (Å²) in [4.78, 5) is 25.9. The van der Waals surface area contributed by atoms with Crippen molar-refractivity contribution in [3.63, 3.8) is 0 Å². The lowest BCUT2D eigenvalue weighted by Crippen LogP contribution is -2.46. The van der Waals surface area contributed by atoms with Crippen LogP contribution in [0, 0.1) is 0 Å². The van der Waals surface area contributed by atoms with Crippen LogP contribution in [0.25, 0.3) is 0 Å². The monoisotopic (exact) mass is 750 g/mol. The number of aliphatic hydroxyl groups excluding tert-OH is 2. The van der Waals surface area contributed by atoms with Crippen LogP contribution in [0.1, 0.15) is 252 Å². The van der Waals surface area contributed by atoms with Crippen molar-refractivity contribution in [1.29, 1.82) is 0 Å². The topological polar surface area (TPSA) is 95.9 Å². The predicted octanol–water partition coefficient (Wildman–Crippen LogP) is 13.4. The first-order chi connectivity index (χ1) is 26.0. The summed E-state index contributed by atoms with van der Waals surface area (Å²) in [6.07, 6.45) is 44.1. The van der Waals surface area contributed by atoms with Gasteiger partial charge in [0.05, 0.1) is 25.2 Å². The lowest BCUT2D eigenvalue weighted by Gasteiger charge is -2.24. The molecule has 0 saturated heterocycles. The lowest BCUT2D eigenvalue weighted by atomic mass is 10.0. The van der Waals surface area contributed by atoms with E-state index in [1.54, 1.807) is 0 Å². The second kappa shape index (κ2) is 41.8. The molecular formula is C47H91NO5. The average molecular weight is 750 g/mol. The highest BCUT2D eigenvalue weighted by Crippen LogP contribution is 2.18. The van der Waals surface area contributed by atoms with Gasteiger partial charge >= 0.3 is 5.97 Å². The van der Waals surface area contributed by atoms with E-state index in [4.69, 9.17) is 4.74 Å². The third kappa shape index (κ3) is 37.3. The Bertz CT molecular complexity index is 802. The average Bonchev–Trinajstić information content (AvgIpc) is 3.15. The maximum absolute atomic E-state index is 13.1. The van der Waals surface area contributed by atoms with E-state index in [0.717, 1.165) is 51.4 Å². The number of unbranched alkanes of at least 4 members (excludes halogenated alkanes) is 28. The van der Waals surface area contributed by atoms with Crippen LogP contribution in [0.5, 0.6) is 0 Å². The molecule has 0 rings (SSSR count). The quantitative estimate of drug-likeness (QED) is 0.0328. The van der Waals surface area contributed by atoms with Crippen molar-refractivity contribution in [3.8, 4) is 0 Å². The molecule has 1 amide bonds. The van der Waals surface area contributed by atoms with Gasteiger partial charge in [0.25, 0.3) is 0 Å². The van der Waals surface area contributed by atoms with E-state index in [2.05, 4.69) is 38.2 Å². The van der Waals surface area contributed by atoms with Crippen molar-refractivity contribution in [1.82, 2.24) is 5.32 Å². The second-order valence-corrected chi connectivity index (χ2v) is 16.2. The highest BCUT2D eigenvalue weighted by Gasteiger charge is 2.24. The molecule has 3 atom stereocenters. The van der Waals surface area contributed by atoms with Crippen molar-refractivity contribution in [3.05, 3.63) is 12.2 Å². The van der Waals surface area contributed by atoms with E-state index in [9.17, 15) is 19.8 Å². The van der Waals surface area contributed by atoms with Crippen LogP contribution in [-0.2, 0) is 14.3 Å². The van der Waals surface area contributed by atoms with Crippen LogP contribution in [0.15, 0.2) is 12.2 Å². The van der Waals surface area contributed by atoms with E-state index in [1.807, 2.05) is 0 Å². The fourth-order valence-electron chi connectivity index (χ4n) is 7.25. The summed E-state index contributed by atoms with van der Waals surface area (Å²) in [6.45, 7) is 6.46. The van der Waals surface area contributed by atoms with Gasteiger partial charge in [-0.25, -0.2) is 0 Å².